The second-order valence-electron chi connectivity index (χ2n) is 5.45. The first kappa shape index (κ1) is 16.6. The molecular weight excluding hydrogens is 296 g/mol. The number of benzene rings is 1. The summed E-state index contributed by atoms with van der Waals surface area (Å²) in [7, 11) is 1.43. The molecule has 0 fully saturated rings. The van der Waals surface area contributed by atoms with Crippen molar-refractivity contribution in [2.45, 2.75) is 32.7 Å². The fourth-order valence-electron chi connectivity index (χ4n) is 1.91. The summed E-state index contributed by atoms with van der Waals surface area (Å²) in [4.78, 5) is 24.2. The van der Waals surface area contributed by atoms with Gasteiger partial charge in [0.15, 0.2) is 0 Å². The van der Waals surface area contributed by atoms with Crippen LogP contribution in [-0.4, -0.2) is 39.2 Å². The Hall–Kier alpha value is -2.77. The first-order chi connectivity index (χ1) is 10.9. The number of carbonyl (C=O) groups is 2. The van der Waals surface area contributed by atoms with Gasteiger partial charge < -0.3 is 5.32 Å². The van der Waals surface area contributed by atoms with Gasteiger partial charge >= 0.3 is 6.03 Å². The Labute approximate surface area is 134 Å². The molecule has 1 atom stereocenters. The lowest BCUT2D eigenvalue weighted by Gasteiger charge is -2.09. The van der Waals surface area contributed by atoms with Gasteiger partial charge in [0.1, 0.15) is 6.04 Å². The van der Waals surface area contributed by atoms with Crippen LogP contribution in [0.4, 0.5) is 4.79 Å². The summed E-state index contributed by atoms with van der Waals surface area (Å²) in [6.45, 7) is 5.83. The maximum absolute atomic E-state index is 11.9. The molecule has 3 amide bonds. The highest BCUT2D eigenvalue weighted by Crippen LogP contribution is 2.19. The lowest BCUT2D eigenvalue weighted by molar-refractivity contribution is -0.123. The van der Waals surface area contributed by atoms with E-state index in [4.69, 9.17) is 0 Å². The van der Waals surface area contributed by atoms with Gasteiger partial charge in [-0.2, -0.15) is 4.80 Å². The molecular formula is C15H20N6O2. The second kappa shape index (κ2) is 6.99. The fourth-order valence-corrected chi connectivity index (χ4v) is 1.91. The van der Waals surface area contributed by atoms with E-state index < -0.39 is 18.0 Å². The maximum Gasteiger partial charge on any atom is 0.321 e. The van der Waals surface area contributed by atoms with Crippen LogP contribution in [-0.2, 0) is 4.79 Å². The van der Waals surface area contributed by atoms with E-state index in [1.807, 2.05) is 24.3 Å². The monoisotopic (exact) mass is 316 g/mol. The average Bonchev–Trinajstić information content (AvgIpc) is 3.03. The normalized spacial score (nSPS) is 12.0. The van der Waals surface area contributed by atoms with Crippen LogP contribution in [0.5, 0.6) is 0 Å². The first-order valence-electron chi connectivity index (χ1n) is 7.34. The van der Waals surface area contributed by atoms with Crippen molar-refractivity contribution < 1.29 is 9.59 Å². The molecule has 1 heterocycles. The molecule has 2 rings (SSSR count). The van der Waals surface area contributed by atoms with E-state index >= 15 is 0 Å². The highest BCUT2D eigenvalue weighted by molar-refractivity contribution is 5.95. The number of nitrogens with zero attached hydrogens (tertiary/aromatic N) is 4. The van der Waals surface area contributed by atoms with Crippen LogP contribution < -0.4 is 10.6 Å². The highest BCUT2D eigenvalue weighted by atomic mass is 16.2. The van der Waals surface area contributed by atoms with Crippen molar-refractivity contribution in [2.24, 2.45) is 0 Å². The molecule has 0 aliphatic rings. The molecule has 0 saturated carbocycles. The van der Waals surface area contributed by atoms with Crippen LogP contribution in [0, 0.1) is 0 Å². The molecule has 0 saturated heterocycles. The lowest BCUT2D eigenvalue weighted by Crippen LogP contribution is -2.41. The molecule has 122 valence electrons. The van der Waals surface area contributed by atoms with Crippen molar-refractivity contribution in [1.29, 1.82) is 0 Å². The van der Waals surface area contributed by atoms with E-state index in [1.165, 1.54) is 17.4 Å². The Morgan fingerprint density at radius 1 is 1.13 bits per heavy atom. The quantitative estimate of drug-likeness (QED) is 0.889. The number of carbonyl (C=O) groups excluding carboxylic acids is 2. The van der Waals surface area contributed by atoms with Crippen molar-refractivity contribution in [3.8, 4) is 11.4 Å². The fraction of sp³-hybridized carbons (Fsp3) is 0.400. The van der Waals surface area contributed by atoms with E-state index in [0.717, 1.165) is 5.56 Å². The number of hydrogen-bond donors (Lipinski definition) is 2. The van der Waals surface area contributed by atoms with Crippen LogP contribution in [0.25, 0.3) is 11.4 Å². The number of rotatable bonds is 4. The molecule has 0 radical (unpaired) electrons. The standard InChI is InChI=1S/C15H20N6O2/c1-9(2)11-5-7-12(8-6-11)13-18-20-21(19-13)10(3)14(22)17-15(23)16-4/h5-10H,1-4H3,(H2,16,17,22,23)/t10-/m1/s1. The minimum atomic E-state index is -0.747. The number of aromatic nitrogens is 4. The number of imide groups is 1. The summed E-state index contributed by atoms with van der Waals surface area (Å²) >= 11 is 0. The van der Waals surface area contributed by atoms with E-state index in [1.54, 1.807) is 6.92 Å². The molecule has 8 nitrogen and oxygen atoms in total. The molecule has 23 heavy (non-hydrogen) atoms. The third kappa shape index (κ3) is 3.91. The molecule has 0 bridgehead atoms. The predicted octanol–water partition coefficient (Wildman–Crippen LogP) is 1.48. The summed E-state index contributed by atoms with van der Waals surface area (Å²) in [6, 6.07) is 6.55. The number of urea groups is 1. The van der Waals surface area contributed by atoms with E-state index in [0.29, 0.717) is 11.7 Å². The second-order valence-corrected chi connectivity index (χ2v) is 5.45. The Morgan fingerprint density at radius 3 is 2.35 bits per heavy atom. The first-order valence-corrected chi connectivity index (χ1v) is 7.34. The predicted molar refractivity (Wildman–Crippen MR) is 84.7 cm³/mol. The van der Waals surface area contributed by atoms with Gasteiger partial charge in [-0.3, -0.25) is 10.1 Å². The topological polar surface area (TPSA) is 102 Å². The molecule has 0 aliphatic heterocycles. The van der Waals surface area contributed by atoms with Crippen molar-refractivity contribution in [2.75, 3.05) is 7.05 Å². The van der Waals surface area contributed by atoms with Gasteiger partial charge in [0, 0.05) is 12.6 Å². The van der Waals surface area contributed by atoms with Gasteiger partial charge in [0.25, 0.3) is 5.91 Å². The molecule has 2 N–H and O–H groups in total. The van der Waals surface area contributed by atoms with Crippen LogP contribution in [0.2, 0.25) is 0 Å². The van der Waals surface area contributed by atoms with Crippen LogP contribution in [0.15, 0.2) is 24.3 Å². The van der Waals surface area contributed by atoms with Crippen molar-refractivity contribution in [3.63, 3.8) is 0 Å². The van der Waals surface area contributed by atoms with Gasteiger partial charge in [0.2, 0.25) is 5.82 Å². The van der Waals surface area contributed by atoms with Crippen molar-refractivity contribution in [1.82, 2.24) is 30.8 Å². The third-order valence-corrected chi connectivity index (χ3v) is 3.45. The van der Waals surface area contributed by atoms with Gasteiger partial charge in [-0.25, -0.2) is 4.79 Å². The average molecular weight is 316 g/mol. The zero-order valence-corrected chi connectivity index (χ0v) is 13.6. The SMILES string of the molecule is CNC(=O)NC(=O)[C@@H](C)n1nnc(-c2ccc(C(C)C)cc2)n1. The minimum absolute atomic E-state index is 0.430. The highest BCUT2D eigenvalue weighted by Gasteiger charge is 2.20. The molecule has 0 unspecified atom stereocenters. The summed E-state index contributed by atoms with van der Waals surface area (Å²) in [5.74, 6) is 0.365. The zero-order chi connectivity index (χ0) is 17.0. The Balaban J connectivity index is 2.13. The van der Waals surface area contributed by atoms with E-state index in [2.05, 4.69) is 39.9 Å². The molecule has 0 spiro atoms. The molecule has 8 heteroatoms. The molecule has 2 aromatic rings. The summed E-state index contributed by atoms with van der Waals surface area (Å²) in [6.07, 6.45) is 0. The van der Waals surface area contributed by atoms with Crippen molar-refractivity contribution in [3.05, 3.63) is 29.8 Å². The Kier molecular flexibility index (Phi) is 5.05. The summed E-state index contributed by atoms with van der Waals surface area (Å²) < 4.78 is 0. The van der Waals surface area contributed by atoms with Gasteiger partial charge in [-0.05, 0) is 23.6 Å². The van der Waals surface area contributed by atoms with E-state index in [-0.39, 0.29) is 0 Å². The zero-order valence-electron chi connectivity index (χ0n) is 13.6. The van der Waals surface area contributed by atoms with Crippen LogP contribution in [0.3, 0.4) is 0 Å². The summed E-state index contributed by atoms with van der Waals surface area (Å²) in [5.41, 5.74) is 2.04. The van der Waals surface area contributed by atoms with Crippen LogP contribution >= 0.6 is 0 Å². The van der Waals surface area contributed by atoms with E-state index in [9.17, 15) is 9.59 Å². The lowest BCUT2D eigenvalue weighted by atomic mass is 10.0. The number of nitrogens with one attached hydrogen (secondary N) is 2. The number of hydrogen-bond acceptors (Lipinski definition) is 5. The molecule has 0 aliphatic carbocycles. The smallest absolute Gasteiger partial charge is 0.321 e. The maximum atomic E-state index is 11.9. The third-order valence-electron chi connectivity index (χ3n) is 3.45. The minimum Gasteiger partial charge on any atom is -0.341 e. The summed E-state index contributed by atoms with van der Waals surface area (Å²) in [5, 5.41) is 16.6. The largest absolute Gasteiger partial charge is 0.341 e. The van der Waals surface area contributed by atoms with Gasteiger partial charge in [0.05, 0.1) is 0 Å². The van der Waals surface area contributed by atoms with Gasteiger partial charge in [-0.15, -0.1) is 10.2 Å². The van der Waals surface area contributed by atoms with Gasteiger partial charge in [-0.1, -0.05) is 38.1 Å². The Morgan fingerprint density at radius 2 is 1.78 bits per heavy atom. The molecule has 1 aromatic carbocycles. The number of tetrazole rings is 1. The van der Waals surface area contributed by atoms with Crippen molar-refractivity contribution >= 4 is 11.9 Å². The number of amides is 3. The van der Waals surface area contributed by atoms with Crippen LogP contribution in [0.1, 0.15) is 38.3 Å². The molecule has 1 aromatic heterocycles. The Bertz CT molecular complexity index is 692.